The largest absolute Gasteiger partial charge is 0.493 e. The normalized spacial score (nSPS) is 17.2. The Bertz CT molecular complexity index is 799. The van der Waals surface area contributed by atoms with Crippen molar-refractivity contribution in [3.8, 4) is 17.4 Å². The second kappa shape index (κ2) is 6.04. The average Bonchev–Trinajstić information content (AvgIpc) is 3.02. The molecule has 2 aliphatic rings. The van der Waals surface area contributed by atoms with Gasteiger partial charge in [-0.05, 0) is 17.7 Å². The molecule has 4 rings (SSSR count). The van der Waals surface area contributed by atoms with Gasteiger partial charge in [-0.2, -0.15) is 4.98 Å². The fourth-order valence-electron chi connectivity index (χ4n) is 3.00. The molecule has 0 aliphatic carbocycles. The standard InChI is InChI=1S/C16H18N4O4/c21-14-8-15(22)18-16(17-14)20-5-3-19(4-6-20)9-11-1-2-12-13(7-11)24-10-23-12/h1-2,7-8H,3-6,9-10H2,(H2,17,18,21,22). The highest BCUT2D eigenvalue weighted by Gasteiger charge is 2.20. The average molecular weight is 330 g/mol. The Balaban J connectivity index is 1.38. The first-order valence-corrected chi connectivity index (χ1v) is 7.83. The molecule has 2 N–H and O–H groups in total. The summed E-state index contributed by atoms with van der Waals surface area (Å²) in [7, 11) is 0. The highest BCUT2D eigenvalue weighted by Crippen LogP contribution is 2.32. The fraction of sp³-hybridized carbons (Fsp3) is 0.375. The van der Waals surface area contributed by atoms with Gasteiger partial charge < -0.3 is 19.5 Å². The van der Waals surface area contributed by atoms with E-state index in [2.05, 4.69) is 14.9 Å². The number of aromatic hydroxyl groups is 1. The van der Waals surface area contributed by atoms with Crippen LogP contribution in [0.2, 0.25) is 0 Å². The number of nitrogens with zero attached hydrogens (tertiary/aromatic N) is 3. The molecule has 0 atom stereocenters. The summed E-state index contributed by atoms with van der Waals surface area (Å²) in [4.78, 5) is 22.4. The Morgan fingerprint density at radius 3 is 2.71 bits per heavy atom. The molecule has 0 spiro atoms. The van der Waals surface area contributed by atoms with E-state index in [0.29, 0.717) is 5.95 Å². The molecule has 3 heterocycles. The van der Waals surface area contributed by atoms with Crippen LogP contribution in [-0.4, -0.2) is 52.9 Å². The van der Waals surface area contributed by atoms with Gasteiger partial charge in [0.1, 0.15) is 0 Å². The third-order valence-electron chi connectivity index (χ3n) is 4.23. The molecule has 0 saturated carbocycles. The summed E-state index contributed by atoms with van der Waals surface area (Å²) >= 11 is 0. The minimum absolute atomic E-state index is 0.253. The monoisotopic (exact) mass is 330 g/mol. The molecule has 2 aromatic rings. The lowest BCUT2D eigenvalue weighted by molar-refractivity contribution is 0.174. The van der Waals surface area contributed by atoms with Crippen LogP contribution < -0.4 is 19.9 Å². The van der Waals surface area contributed by atoms with Crippen molar-refractivity contribution in [3.05, 3.63) is 40.2 Å². The van der Waals surface area contributed by atoms with Gasteiger partial charge in [-0.3, -0.25) is 14.7 Å². The van der Waals surface area contributed by atoms with Gasteiger partial charge in [-0.1, -0.05) is 6.07 Å². The van der Waals surface area contributed by atoms with Crippen LogP contribution in [0.1, 0.15) is 5.56 Å². The lowest BCUT2D eigenvalue weighted by Gasteiger charge is -2.34. The van der Waals surface area contributed by atoms with Crippen LogP contribution in [0.5, 0.6) is 17.4 Å². The molecule has 126 valence electrons. The summed E-state index contributed by atoms with van der Waals surface area (Å²) in [6, 6.07) is 7.08. The van der Waals surface area contributed by atoms with Crippen molar-refractivity contribution in [1.29, 1.82) is 0 Å². The number of fused-ring (bicyclic) bond motifs is 1. The predicted octanol–water partition coefficient (Wildman–Crippen LogP) is 0.526. The molecule has 24 heavy (non-hydrogen) atoms. The van der Waals surface area contributed by atoms with Gasteiger partial charge in [-0.15, -0.1) is 0 Å². The maximum atomic E-state index is 11.4. The minimum Gasteiger partial charge on any atom is -0.493 e. The van der Waals surface area contributed by atoms with Crippen molar-refractivity contribution in [2.24, 2.45) is 0 Å². The third kappa shape index (κ3) is 3.00. The Morgan fingerprint density at radius 2 is 1.92 bits per heavy atom. The number of rotatable bonds is 3. The van der Waals surface area contributed by atoms with Gasteiger partial charge in [0.05, 0.1) is 6.07 Å². The first kappa shape index (κ1) is 14.8. The number of aromatic nitrogens is 2. The maximum Gasteiger partial charge on any atom is 0.256 e. The zero-order chi connectivity index (χ0) is 16.5. The lowest BCUT2D eigenvalue weighted by atomic mass is 10.1. The fourth-order valence-corrected chi connectivity index (χ4v) is 3.00. The van der Waals surface area contributed by atoms with E-state index in [-0.39, 0.29) is 18.2 Å². The van der Waals surface area contributed by atoms with E-state index < -0.39 is 0 Å². The number of anilines is 1. The van der Waals surface area contributed by atoms with E-state index >= 15 is 0 Å². The quantitative estimate of drug-likeness (QED) is 0.848. The predicted molar refractivity (Wildman–Crippen MR) is 86.6 cm³/mol. The minimum atomic E-state index is -0.347. The van der Waals surface area contributed by atoms with E-state index in [1.807, 2.05) is 23.1 Å². The molecular formula is C16H18N4O4. The summed E-state index contributed by atoms with van der Waals surface area (Å²) in [5, 5.41) is 9.46. The highest BCUT2D eigenvalue weighted by molar-refractivity contribution is 5.44. The lowest BCUT2D eigenvalue weighted by Crippen LogP contribution is -2.46. The number of H-pyrrole nitrogens is 1. The number of aromatic amines is 1. The molecule has 8 heteroatoms. The van der Waals surface area contributed by atoms with Gasteiger partial charge >= 0.3 is 0 Å². The van der Waals surface area contributed by atoms with Gasteiger partial charge in [0, 0.05) is 32.7 Å². The number of piperazine rings is 1. The van der Waals surface area contributed by atoms with Crippen molar-refractivity contribution >= 4 is 5.95 Å². The summed E-state index contributed by atoms with van der Waals surface area (Å²) in [5.41, 5.74) is 0.830. The van der Waals surface area contributed by atoms with Crippen LogP contribution in [0.3, 0.4) is 0 Å². The number of benzene rings is 1. The Kier molecular flexibility index (Phi) is 3.73. The highest BCUT2D eigenvalue weighted by atomic mass is 16.7. The molecule has 1 aromatic heterocycles. The number of ether oxygens (including phenoxy) is 2. The molecule has 2 aliphatic heterocycles. The Labute approximate surface area is 138 Å². The van der Waals surface area contributed by atoms with Crippen LogP contribution in [0, 0.1) is 0 Å². The molecule has 0 amide bonds. The molecule has 1 aromatic carbocycles. The van der Waals surface area contributed by atoms with Crippen molar-refractivity contribution in [2.75, 3.05) is 37.9 Å². The van der Waals surface area contributed by atoms with Crippen LogP contribution in [0.15, 0.2) is 29.1 Å². The molecule has 0 bridgehead atoms. The zero-order valence-corrected chi connectivity index (χ0v) is 13.1. The SMILES string of the molecule is O=c1cc(O)nc(N2CCN(Cc3ccc4c(c3)OCO4)CC2)[nH]1. The smallest absolute Gasteiger partial charge is 0.256 e. The van der Waals surface area contributed by atoms with Crippen LogP contribution >= 0.6 is 0 Å². The van der Waals surface area contributed by atoms with E-state index in [1.54, 1.807) is 0 Å². The zero-order valence-electron chi connectivity index (χ0n) is 13.1. The van der Waals surface area contributed by atoms with Crippen LogP contribution in [-0.2, 0) is 6.54 Å². The van der Waals surface area contributed by atoms with Gasteiger partial charge in [0.2, 0.25) is 18.6 Å². The second-order valence-electron chi connectivity index (χ2n) is 5.88. The first-order valence-electron chi connectivity index (χ1n) is 7.83. The second-order valence-corrected chi connectivity index (χ2v) is 5.88. The van der Waals surface area contributed by atoms with E-state index in [9.17, 15) is 9.90 Å². The topological polar surface area (TPSA) is 90.9 Å². The molecule has 1 fully saturated rings. The summed E-state index contributed by atoms with van der Waals surface area (Å²) < 4.78 is 10.7. The van der Waals surface area contributed by atoms with E-state index in [1.165, 1.54) is 5.56 Å². The van der Waals surface area contributed by atoms with Crippen LogP contribution in [0.4, 0.5) is 5.95 Å². The molecular weight excluding hydrogens is 312 g/mol. The summed E-state index contributed by atoms with van der Waals surface area (Å²) in [6.07, 6.45) is 0. The maximum absolute atomic E-state index is 11.4. The molecule has 8 nitrogen and oxygen atoms in total. The third-order valence-corrected chi connectivity index (χ3v) is 4.23. The molecule has 0 radical (unpaired) electrons. The number of hydrogen-bond donors (Lipinski definition) is 2. The van der Waals surface area contributed by atoms with Crippen LogP contribution in [0.25, 0.3) is 0 Å². The van der Waals surface area contributed by atoms with Gasteiger partial charge in [-0.25, -0.2) is 0 Å². The van der Waals surface area contributed by atoms with Crippen molar-refractivity contribution in [1.82, 2.24) is 14.9 Å². The first-order chi connectivity index (χ1) is 11.7. The molecule has 0 unspecified atom stereocenters. The van der Waals surface area contributed by atoms with E-state index in [0.717, 1.165) is 50.3 Å². The van der Waals surface area contributed by atoms with E-state index in [4.69, 9.17) is 9.47 Å². The van der Waals surface area contributed by atoms with Gasteiger partial charge in [0.25, 0.3) is 5.56 Å². The van der Waals surface area contributed by atoms with Crippen molar-refractivity contribution < 1.29 is 14.6 Å². The van der Waals surface area contributed by atoms with Crippen molar-refractivity contribution in [2.45, 2.75) is 6.54 Å². The number of nitrogens with one attached hydrogen (secondary N) is 1. The van der Waals surface area contributed by atoms with Crippen molar-refractivity contribution in [3.63, 3.8) is 0 Å². The summed E-state index contributed by atoms with van der Waals surface area (Å²) in [6.45, 7) is 4.26. The van der Waals surface area contributed by atoms with Gasteiger partial charge in [0.15, 0.2) is 11.5 Å². The summed E-state index contributed by atoms with van der Waals surface area (Å²) in [5.74, 6) is 1.76. The number of hydrogen-bond acceptors (Lipinski definition) is 7. The molecule has 1 saturated heterocycles. The Morgan fingerprint density at radius 1 is 1.12 bits per heavy atom. The Hall–Kier alpha value is -2.74.